The Balaban J connectivity index is 1.26. The number of nitrogens with one attached hydrogen (secondary N) is 2. The van der Waals surface area contributed by atoms with E-state index < -0.39 is 0 Å². The molecule has 1 saturated heterocycles. The summed E-state index contributed by atoms with van der Waals surface area (Å²) < 4.78 is 8.12. The number of amides is 2. The zero-order chi connectivity index (χ0) is 23.9. The van der Waals surface area contributed by atoms with Gasteiger partial charge in [0, 0.05) is 43.0 Å². The fourth-order valence-electron chi connectivity index (χ4n) is 4.31. The maximum atomic E-state index is 12.1. The molecule has 9 heteroatoms. The molecule has 9 nitrogen and oxygen atoms in total. The number of carbonyl (C=O) groups is 1. The lowest BCUT2D eigenvalue weighted by Crippen LogP contribution is -2.27. The number of hydrogen-bond acceptors (Lipinski definition) is 6. The summed E-state index contributed by atoms with van der Waals surface area (Å²) in [7, 11) is 1.97. The maximum Gasteiger partial charge on any atom is 0.321 e. The lowest BCUT2D eigenvalue weighted by atomic mass is 10.1. The van der Waals surface area contributed by atoms with Crippen LogP contribution in [0.2, 0.25) is 0 Å². The van der Waals surface area contributed by atoms with Gasteiger partial charge in [-0.15, -0.1) is 0 Å². The van der Waals surface area contributed by atoms with Gasteiger partial charge in [-0.25, -0.2) is 19.7 Å². The number of fused-ring (bicyclic) bond motifs is 2. The Bertz CT molecular complexity index is 1590. The molecular formula is C26H23N7O2. The van der Waals surface area contributed by atoms with Crippen LogP contribution in [-0.4, -0.2) is 38.6 Å². The van der Waals surface area contributed by atoms with Crippen LogP contribution in [0.5, 0.6) is 11.5 Å². The average molecular weight is 466 g/mol. The van der Waals surface area contributed by atoms with Crippen molar-refractivity contribution in [2.75, 3.05) is 23.3 Å². The summed E-state index contributed by atoms with van der Waals surface area (Å²) in [5, 5.41) is 7.07. The van der Waals surface area contributed by atoms with Crippen LogP contribution >= 0.6 is 0 Å². The molecule has 2 N–H and O–H groups in total. The second kappa shape index (κ2) is 8.28. The Morgan fingerprint density at radius 3 is 2.74 bits per heavy atom. The largest absolute Gasteiger partial charge is 0.457 e. The first kappa shape index (κ1) is 20.9. The molecule has 174 valence electrons. The number of hydrogen-bond donors (Lipinski definition) is 2. The highest BCUT2D eigenvalue weighted by Gasteiger charge is 2.21. The third kappa shape index (κ3) is 3.86. The van der Waals surface area contributed by atoms with Gasteiger partial charge in [-0.05, 0) is 61.0 Å². The zero-order valence-corrected chi connectivity index (χ0v) is 19.3. The highest BCUT2D eigenvalue weighted by molar-refractivity contribution is 5.99. The van der Waals surface area contributed by atoms with Gasteiger partial charge in [0.2, 0.25) is 0 Å². The quantitative estimate of drug-likeness (QED) is 0.384. The summed E-state index contributed by atoms with van der Waals surface area (Å²) in [5.74, 6) is 2.17. The zero-order valence-electron chi connectivity index (χ0n) is 19.3. The van der Waals surface area contributed by atoms with Crippen LogP contribution in [0.3, 0.4) is 0 Å². The Labute approximate surface area is 201 Å². The first-order valence-electron chi connectivity index (χ1n) is 11.3. The highest BCUT2D eigenvalue weighted by atomic mass is 16.5. The smallest absolute Gasteiger partial charge is 0.321 e. The third-order valence-corrected chi connectivity index (χ3v) is 6.15. The second-order valence-electron chi connectivity index (χ2n) is 8.52. The van der Waals surface area contributed by atoms with Gasteiger partial charge in [-0.2, -0.15) is 0 Å². The van der Waals surface area contributed by atoms with E-state index >= 15 is 0 Å². The van der Waals surface area contributed by atoms with E-state index in [0.717, 1.165) is 50.4 Å². The standard InChI is InChI=1S/C26H23N7O2/c1-16-11-17(3-8-24(16)35-19-5-7-23-22(13-19)30-15-32(23)2)31-25-20-12-18(33-10-9-27-26(33)34)4-6-21(20)28-14-29-25/h3-8,11-15H,9-10H2,1-2H3,(H,27,34)(H,28,29,31). The monoisotopic (exact) mass is 465 g/mol. The van der Waals surface area contributed by atoms with Crippen LogP contribution in [0, 0.1) is 6.92 Å². The molecule has 0 unspecified atom stereocenters. The van der Waals surface area contributed by atoms with Gasteiger partial charge >= 0.3 is 6.03 Å². The number of ether oxygens (including phenoxy) is 1. The number of imidazole rings is 1. The van der Waals surface area contributed by atoms with Crippen molar-refractivity contribution in [1.29, 1.82) is 0 Å². The second-order valence-corrected chi connectivity index (χ2v) is 8.52. The molecule has 6 rings (SSSR count). The molecule has 0 saturated carbocycles. The van der Waals surface area contributed by atoms with Crippen LogP contribution in [-0.2, 0) is 7.05 Å². The summed E-state index contributed by atoms with van der Waals surface area (Å²) in [4.78, 5) is 27.1. The Kier molecular flexibility index (Phi) is 4.95. The van der Waals surface area contributed by atoms with E-state index in [1.165, 1.54) is 6.33 Å². The van der Waals surface area contributed by atoms with E-state index in [-0.39, 0.29) is 6.03 Å². The molecule has 1 aliphatic rings. The van der Waals surface area contributed by atoms with Crippen molar-refractivity contribution in [1.82, 2.24) is 24.8 Å². The van der Waals surface area contributed by atoms with Crippen LogP contribution in [0.15, 0.2) is 67.3 Å². The number of anilines is 3. The molecule has 0 atom stereocenters. The molecule has 2 amide bonds. The van der Waals surface area contributed by atoms with Gasteiger partial charge < -0.3 is 19.9 Å². The Morgan fingerprint density at radius 1 is 1.00 bits per heavy atom. The van der Waals surface area contributed by atoms with Gasteiger partial charge in [-0.3, -0.25) is 4.90 Å². The molecule has 0 aliphatic carbocycles. The van der Waals surface area contributed by atoms with E-state index in [2.05, 4.69) is 25.6 Å². The van der Waals surface area contributed by atoms with Gasteiger partial charge in [0.1, 0.15) is 23.6 Å². The molecule has 1 aliphatic heterocycles. The van der Waals surface area contributed by atoms with Crippen molar-refractivity contribution in [3.63, 3.8) is 0 Å². The van der Waals surface area contributed by atoms with Crippen LogP contribution in [0.4, 0.5) is 22.0 Å². The molecule has 3 heterocycles. The van der Waals surface area contributed by atoms with E-state index in [1.807, 2.05) is 73.1 Å². The third-order valence-electron chi connectivity index (χ3n) is 6.15. The summed E-state index contributed by atoms with van der Waals surface area (Å²) >= 11 is 0. The highest BCUT2D eigenvalue weighted by Crippen LogP contribution is 2.32. The molecule has 1 fully saturated rings. The first-order chi connectivity index (χ1) is 17.0. The normalized spacial score (nSPS) is 13.4. The number of aromatic nitrogens is 4. The molecule has 3 aromatic carbocycles. The molecule has 0 radical (unpaired) electrons. The molecule has 35 heavy (non-hydrogen) atoms. The lowest BCUT2D eigenvalue weighted by molar-refractivity contribution is 0.252. The average Bonchev–Trinajstić information content (AvgIpc) is 3.46. The SMILES string of the molecule is Cc1cc(Nc2ncnc3ccc(N4CCNC4=O)cc23)ccc1Oc1ccc2c(c1)ncn2C. The number of urea groups is 1. The topological polar surface area (TPSA) is 97.2 Å². The molecule has 5 aromatic rings. The number of benzene rings is 3. The van der Waals surface area contributed by atoms with Gasteiger partial charge in [0.05, 0.1) is 22.9 Å². The predicted octanol–water partition coefficient (Wildman–Crippen LogP) is 4.89. The predicted molar refractivity (Wildman–Crippen MR) is 136 cm³/mol. The van der Waals surface area contributed by atoms with E-state index in [0.29, 0.717) is 18.9 Å². The van der Waals surface area contributed by atoms with Crippen molar-refractivity contribution in [2.24, 2.45) is 7.05 Å². The number of nitrogens with zero attached hydrogens (tertiary/aromatic N) is 5. The molecular weight excluding hydrogens is 442 g/mol. The van der Waals surface area contributed by atoms with E-state index in [4.69, 9.17) is 4.74 Å². The van der Waals surface area contributed by atoms with Crippen LogP contribution < -0.4 is 20.3 Å². The molecule has 0 bridgehead atoms. The van der Waals surface area contributed by atoms with Gasteiger partial charge in [0.15, 0.2) is 0 Å². The van der Waals surface area contributed by atoms with Crippen LogP contribution in [0.25, 0.3) is 21.9 Å². The minimum absolute atomic E-state index is 0.0934. The minimum Gasteiger partial charge on any atom is -0.457 e. The van der Waals surface area contributed by atoms with Crippen molar-refractivity contribution in [3.8, 4) is 11.5 Å². The fraction of sp³-hybridized carbons (Fsp3) is 0.154. The summed E-state index contributed by atoms with van der Waals surface area (Å²) in [5.41, 5.74) is 5.41. The van der Waals surface area contributed by atoms with Crippen molar-refractivity contribution in [2.45, 2.75) is 6.92 Å². The molecule has 0 spiro atoms. The first-order valence-corrected chi connectivity index (χ1v) is 11.3. The summed E-state index contributed by atoms with van der Waals surface area (Å²) in [6, 6.07) is 17.4. The van der Waals surface area contributed by atoms with Crippen molar-refractivity contribution in [3.05, 3.63) is 72.8 Å². The summed E-state index contributed by atoms with van der Waals surface area (Å²) in [6.07, 6.45) is 3.32. The number of rotatable bonds is 5. The van der Waals surface area contributed by atoms with Crippen molar-refractivity contribution >= 4 is 45.2 Å². The minimum atomic E-state index is -0.0934. The van der Waals surface area contributed by atoms with Gasteiger partial charge in [0.25, 0.3) is 0 Å². The Hall–Kier alpha value is -4.66. The Morgan fingerprint density at radius 2 is 1.91 bits per heavy atom. The molecule has 2 aromatic heterocycles. The number of aryl methyl sites for hydroxylation is 2. The van der Waals surface area contributed by atoms with E-state index in [1.54, 1.807) is 11.2 Å². The van der Waals surface area contributed by atoms with Crippen molar-refractivity contribution < 1.29 is 9.53 Å². The lowest BCUT2D eigenvalue weighted by Gasteiger charge is -2.16. The van der Waals surface area contributed by atoms with Crippen LogP contribution in [0.1, 0.15) is 5.56 Å². The number of carbonyl (C=O) groups excluding carboxylic acids is 1. The fourth-order valence-corrected chi connectivity index (χ4v) is 4.31. The summed E-state index contributed by atoms with van der Waals surface area (Å²) in [6.45, 7) is 3.27. The van der Waals surface area contributed by atoms with Gasteiger partial charge in [-0.1, -0.05) is 0 Å². The maximum absolute atomic E-state index is 12.1. The van der Waals surface area contributed by atoms with E-state index in [9.17, 15) is 4.79 Å².